The van der Waals surface area contributed by atoms with Gasteiger partial charge < -0.3 is 9.55 Å². The van der Waals surface area contributed by atoms with Crippen molar-refractivity contribution in [3.63, 3.8) is 0 Å². The number of aromatic nitrogens is 2. The smallest absolute Gasteiger partial charge is 0.178 e. The summed E-state index contributed by atoms with van der Waals surface area (Å²) in [5.41, 5.74) is 4.81. The number of imidazole rings is 1. The lowest BCUT2D eigenvalue weighted by atomic mass is 10.1. The fourth-order valence-corrected chi connectivity index (χ4v) is 2.93. The van der Waals surface area contributed by atoms with E-state index in [1.54, 1.807) is 0 Å². The van der Waals surface area contributed by atoms with Crippen molar-refractivity contribution < 1.29 is 0 Å². The maximum absolute atomic E-state index is 5.91. The molecule has 0 bridgehead atoms. The van der Waals surface area contributed by atoms with E-state index in [9.17, 15) is 0 Å². The fourth-order valence-electron chi connectivity index (χ4n) is 2.51. The molecule has 0 aliphatic carbocycles. The average molecular weight is 303 g/mol. The highest BCUT2D eigenvalue weighted by Crippen LogP contribution is 2.19. The van der Waals surface area contributed by atoms with Gasteiger partial charge in [-0.25, -0.2) is 0 Å². The topological polar surface area (TPSA) is 20.7 Å². The van der Waals surface area contributed by atoms with Gasteiger partial charge in [0.25, 0.3) is 0 Å². The molecule has 20 heavy (non-hydrogen) atoms. The molecule has 0 spiro atoms. The molecule has 0 fully saturated rings. The van der Waals surface area contributed by atoms with Gasteiger partial charge in [-0.15, -0.1) is 0 Å². The molecule has 0 radical (unpaired) electrons. The third-order valence-electron chi connectivity index (χ3n) is 3.53. The van der Waals surface area contributed by atoms with Gasteiger partial charge in [-0.1, -0.05) is 35.9 Å². The highest BCUT2D eigenvalue weighted by atomic mass is 35.5. The minimum atomic E-state index is 0.772. The van der Waals surface area contributed by atoms with Crippen LogP contribution in [0.25, 0.3) is 11.0 Å². The van der Waals surface area contributed by atoms with Crippen LogP contribution >= 0.6 is 23.8 Å². The van der Waals surface area contributed by atoms with Crippen molar-refractivity contribution in [3.8, 4) is 0 Å². The van der Waals surface area contributed by atoms with Crippen molar-refractivity contribution in [1.82, 2.24) is 9.55 Å². The van der Waals surface area contributed by atoms with E-state index in [-0.39, 0.29) is 0 Å². The van der Waals surface area contributed by atoms with E-state index < -0.39 is 0 Å². The first-order valence-electron chi connectivity index (χ1n) is 6.58. The number of benzene rings is 2. The largest absolute Gasteiger partial charge is 0.331 e. The molecule has 0 amide bonds. The number of H-pyrrole nitrogens is 1. The molecule has 0 saturated carbocycles. The molecule has 0 saturated heterocycles. The highest BCUT2D eigenvalue weighted by molar-refractivity contribution is 7.71. The summed E-state index contributed by atoms with van der Waals surface area (Å²) in [5, 5.41) is 0.772. The molecule has 2 aromatic carbocycles. The van der Waals surface area contributed by atoms with Gasteiger partial charge >= 0.3 is 0 Å². The molecule has 0 aliphatic rings. The Balaban J connectivity index is 1.93. The Hall–Kier alpha value is -1.58. The van der Waals surface area contributed by atoms with Gasteiger partial charge in [0.05, 0.1) is 11.0 Å². The predicted molar refractivity (Wildman–Crippen MR) is 87.0 cm³/mol. The molecule has 0 unspecified atom stereocenters. The van der Waals surface area contributed by atoms with E-state index in [0.717, 1.165) is 28.3 Å². The second kappa shape index (κ2) is 5.43. The van der Waals surface area contributed by atoms with Crippen molar-refractivity contribution in [3.05, 3.63) is 63.4 Å². The first-order chi connectivity index (χ1) is 9.65. The van der Waals surface area contributed by atoms with Crippen LogP contribution in [-0.4, -0.2) is 9.55 Å². The molecule has 102 valence electrons. The van der Waals surface area contributed by atoms with Crippen LogP contribution in [-0.2, 0) is 13.0 Å². The number of fused-ring (bicyclic) bond motifs is 1. The molecule has 3 aromatic rings. The zero-order chi connectivity index (χ0) is 14.1. The predicted octanol–water partition coefficient (Wildman–Crippen LogP) is 4.90. The number of aromatic amines is 1. The molecule has 2 nitrogen and oxygen atoms in total. The lowest BCUT2D eigenvalue weighted by molar-refractivity contribution is 0.705. The maximum atomic E-state index is 5.91. The molecule has 1 aromatic heterocycles. The number of aryl methyl sites for hydroxylation is 3. The molecule has 3 rings (SSSR count). The number of para-hydroxylation sites is 1. The van der Waals surface area contributed by atoms with Crippen LogP contribution in [0.4, 0.5) is 0 Å². The first kappa shape index (κ1) is 13.4. The summed E-state index contributed by atoms with van der Waals surface area (Å²) in [6.07, 6.45) is 0.937. The Morgan fingerprint density at radius 3 is 2.65 bits per heavy atom. The summed E-state index contributed by atoms with van der Waals surface area (Å²) in [6, 6.07) is 14.2. The summed E-state index contributed by atoms with van der Waals surface area (Å²) in [4.78, 5) is 3.27. The second-order valence-corrected chi connectivity index (χ2v) is 5.75. The monoisotopic (exact) mass is 302 g/mol. The minimum Gasteiger partial charge on any atom is -0.331 e. The summed E-state index contributed by atoms with van der Waals surface area (Å²) in [5.74, 6) is 0. The average Bonchev–Trinajstić information content (AvgIpc) is 2.75. The van der Waals surface area contributed by atoms with Crippen LogP contribution in [0.3, 0.4) is 0 Å². The lowest BCUT2D eigenvalue weighted by Crippen LogP contribution is -2.02. The van der Waals surface area contributed by atoms with Crippen molar-refractivity contribution in [2.45, 2.75) is 19.9 Å². The number of hydrogen-bond donors (Lipinski definition) is 1. The molecule has 0 aliphatic heterocycles. The van der Waals surface area contributed by atoms with Crippen molar-refractivity contribution in [2.75, 3.05) is 0 Å². The number of halogens is 1. The summed E-state index contributed by atoms with van der Waals surface area (Å²) < 4.78 is 2.96. The van der Waals surface area contributed by atoms with Gasteiger partial charge in [0.2, 0.25) is 0 Å². The van der Waals surface area contributed by atoms with Gasteiger partial charge in [-0.2, -0.15) is 0 Å². The number of rotatable bonds is 3. The van der Waals surface area contributed by atoms with Crippen LogP contribution in [0.15, 0.2) is 42.5 Å². The van der Waals surface area contributed by atoms with E-state index in [1.807, 2.05) is 18.2 Å². The van der Waals surface area contributed by atoms with Crippen molar-refractivity contribution in [2.24, 2.45) is 0 Å². The SMILES string of the molecule is Cc1cccc2[nH]c(=S)n(CCc3ccc(Cl)cc3)c12. The van der Waals surface area contributed by atoms with E-state index >= 15 is 0 Å². The number of nitrogens with zero attached hydrogens (tertiary/aromatic N) is 1. The van der Waals surface area contributed by atoms with Gasteiger partial charge in [0.1, 0.15) is 0 Å². The van der Waals surface area contributed by atoms with Crippen LogP contribution in [0.2, 0.25) is 5.02 Å². The summed E-state index contributed by atoms with van der Waals surface area (Å²) >= 11 is 11.3. The van der Waals surface area contributed by atoms with E-state index in [2.05, 4.69) is 40.7 Å². The van der Waals surface area contributed by atoms with E-state index in [4.69, 9.17) is 23.8 Å². The number of nitrogens with one attached hydrogen (secondary N) is 1. The van der Waals surface area contributed by atoms with Crippen LogP contribution in [0, 0.1) is 11.7 Å². The summed E-state index contributed by atoms with van der Waals surface area (Å²) in [6.45, 7) is 2.98. The van der Waals surface area contributed by atoms with E-state index in [0.29, 0.717) is 0 Å². The highest BCUT2D eigenvalue weighted by Gasteiger charge is 2.06. The van der Waals surface area contributed by atoms with Crippen LogP contribution in [0.1, 0.15) is 11.1 Å². The van der Waals surface area contributed by atoms with Crippen LogP contribution in [0.5, 0.6) is 0 Å². The Morgan fingerprint density at radius 1 is 1.15 bits per heavy atom. The maximum Gasteiger partial charge on any atom is 0.178 e. The first-order valence-corrected chi connectivity index (χ1v) is 7.36. The van der Waals surface area contributed by atoms with Gasteiger partial charge in [0, 0.05) is 11.6 Å². The van der Waals surface area contributed by atoms with Crippen LogP contribution < -0.4 is 0 Å². The molecule has 0 atom stereocenters. The molecule has 1 N–H and O–H groups in total. The fraction of sp³-hybridized carbons (Fsp3) is 0.188. The Bertz CT molecular complexity index is 799. The van der Waals surface area contributed by atoms with Gasteiger partial charge in [0.15, 0.2) is 4.77 Å². The number of hydrogen-bond acceptors (Lipinski definition) is 1. The minimum absolute atomic E-state index is 0.772. The molecule has 1 heterocycles. The van der Waals surface area contributed by atoms with Crippen molar-refractivity contribution in [1.29, 1.82) is 0 Å². The van der Waals surface area contributed by atoms with Gasteiger partial charge in [-0.05, 0) is 54.9 Å². The van der Waals surface area contributed by atoms with E-state index in [1.165, 1.54) is 16.6 Å². The lowest BCUT2D eigenvalue weighted by Gasteiger charge is -2.07. The standard InChI is InChI=1S/C16H15ClN2S/c1-11-3-2-4-14-15(11)19(16(20)18-14)10-9-12-5-7-13(17)8-6-12/h2-8H,9-10H2,1H3,(H,18,20). The molecule has 4 heteroatoms. The molecular weight excluding hydrogens is 288 g/mol. The second-order valence-electron chi connectivity index (χ2n) is 4.93. The quantitative estimate of drug-likeness (QED) is 0.682. The Kier molecular flexibility index (Phi) is 3.64. The molecular formula is C16H15ClN2S. The normalized spacial score (nSPS) is 11.1. The van der Waals surface area contributed by atoms with Crippen molar-refractivity contribution >= 4 is 34.9 Å². The third kappa shape index (κ3) is 2.51. The zero-order valence-corrected chi connectivity index (χ0v) is 12.8. The third-order valence-corrected chi connectivity index (χ3v) is 4.11. The zero-order valence-electron chi connectivity index (χ0n) is 11.2. The van der Waals surface area contributed by atoms with Gasteiger partial charge in [-0.3, -0.25) is 0 Å². The summed E-state index contributed by atoms with van der Waals surface area (Å²) in [7, 11) is 0. The Labute approximate surface area is 128 Å². The Morgan fingerprint density at radius 2 is 1.90 bits per heavy atom.